The normalized spacial score (nSPS) is 31.1. The molecule has 0 radical (unpaired) electrons. The van der Waals surface area contributed by atoms with Crippen molar-refractivity contribution in [2.24, 2.45) is 0 Å². The molecule has 5 atom stereocenters. The van der Waals surface area contributed by atoms with Gasteiger partial charge in [0.25, 0.3) is 0 Å². The second-order valence-corrected chi connectivity index (χ2v) is 11.7. The second-order valence-electron chi connectivity index (χ2n) is 5.77. The third-order valence-electron chi connectivity index (χ3n) is 4.39. The van der Waals surface area contributed by atoms with Gasteiger partial charge >= 0.3 is 0 Å². The number of hydrogen-bond acceptors (Lipinski definition) is 0. The molecule has 4 aliphatic rings. The van der Waals surface area contributed by atoms with Crippen molar-refractivity contribution in [2.75, 3.05) is 12.1 Å². The molecule has 0 bridgehead atoms. The van der Waals surface area contributed by atoms with Crippen LogP contribution < -0.4 is 5.30 Å². The standard InChI is InChI=1S/C12H11P.C6H9P3/c1-3-7-11-9(5-1)10-6-2-4-8-12(10)13-11;1-2-8-6-3-7-4-9-5(1)6/h1-9,11,13H;2,7,9H,1,3-4H2. The first-order chi connectivity index (χ1) is 10.9. The number of allylic oxidation sites excluding steroid dienone is 6. The van der Waals surface area contributed by atoms with E-state index in [-0.39, 0.29) is 0 Å². The highest BCUT2D eigenvalue weighted by Gasteiger charge is 2.29. The molecule has 22 heavy (non-hydrogen) atoms. The summed E-state index contributed by atoms with van der Waals surface area (Å²) in [4.78, 5) is 0. The van der Waals surface area contributed by atoms with E-state index in [9.17, 15) is 0 Å². The van der Waals surface area contributed by atoms with Crippen LogP contribution in [-0.2, 0) is 0 Å². The third kappa shape index (κ3) is 3.23. The molecule has 3 aliphatic heterocycles. The Morgan fingerprint density at radius 3 is 2.95 bits per heavy atom. The van der Waals surface area contributed by atoms with Crippen molar-refractivity contribution in [3.63, 3.8) is 0 Å². The van der Waals surface area contributed by atoms with Gasteiger partial charge in [0.15, 0.2) is 0 Å². The van der Waals surface area contributed by atoms with Gasteiger partial charge in [-0.05, 0) is 40.0 Å². The molecule has 4 heteroatoms. The average Bonchev–Trinajstić information content (AvgIpc) is 3.19. The van der Waals surface area contributed by atoms with Gasteiger partial charge in [0, 0.05) is 11.6 Å². The fourth-order valence-electron chi connectivity index (χ4n) is 3.26. The summed E-state index contributed by atoms with van der Waals surface area (Å²) in [6.07, 6.45) is 11.8. The van der Waals surface area contributed by atoms with Crippen LogP contribution in [0.3, 0.4) is 0 Å². The molecule has 1 aromatic rings. The van der Waals surface area contributed by atoms with E-state index in [1.807, 2.05) is 0 Å². The molecule has 5 rings (SSSR count). The van der Waals surface area contributed by atoms with Gasteiger partial charge in [-0.25, -0.2) is 0 Å². The molecule has 0 N–H and O–H groups in total. The zero-order valence-corrected chi connectivity index (χ0v) is 16.3. The highest BCUT2D eigenvalue weighted by atomic mass is 31.1. The fourth-order valence-corrected chi connectivity index (χ4v) is 9.97. The molecule has 0 nitrogen and oxygen atoms in total. The van der Waals surface area contributed by atoms with Crippen LogP contribution in [0.5, 0.6) is 0 Å². The van der Waals surface area contributed by atoms with Crippen LogP contribution in [0.4, 0.5) is 0 Å². The van der Waals surface area contributed by atoms with Gasteiger partial charge in [0.05, 0.1) is 0 Å². The molecule has 5 unspecified atom stereocenters. The van der Waals surface area contributed by atoms with Crippen molar-refractivity contribution in [3.05, 3.63) is 64.8 Å². The minimum absolute atomic E-state index is 0.666. The predicted octanol–water partition coefficient (Wildman–Crippen LogP) is 5.26. The largest absolute Gasteiger partial charge is 0.113 e. The smallest absolute Gasteiger partial charge is 0.0130 e. The van der Waals surface area contributed by atoms with Crippen LogP contribution >= 0.6 is 33.9 Å². The molecule has 3 heterocycles. The van der Waals surface area contributed by atoms with Crippen LogP contribution in [0.15, 0.2) is 59.2 Å². The summed E-state index contributed by atoms with van der Waals surface area (Å²) in [6, 6.07) is 8.85. The minimum Gasteiger partial charge on any atom is -0.113 e. The molecule has 1 aromatic carbocycles. The molecule has 1 aliphatic carbocycles. The van der Waals surface area contributed by atoms with Crippen molar-refractivity contribution >= 4 is 45.0 Å². The van der Waals surface area contributed by atoms with Gasteiger partial charge in [-0.2, -0.15) is 0 Å². The van der Waals surface area contributed by atoms with Crippen LogP contribution in [0, 0.1) is 0 Å². The van der Waals surface area contributed by atoms with Crippen molar-refractivity contribution in [1.29, 1.82) is 0 Å². The van der Waals surface area contributed by atoms with Gasteiger partial charge < -0.3 is 0 Å². The maximum absolute atomic E-state index is 2.41. The lowest BCUT2D eigenvalue weighted by atomic mass is 9.93. The zero-order chi connectivity index (χ0) is 14.8. The topological polar surface area (TPSA) is 0 Å². The minimum atomic E-state index is 0.666. The quantitative estimate of drug-likeness (QED) is 0.554. The van der Waals surface area contributed by atoms with Gasteiger partial charge in [0.1, 0.15) is 0 Å². The predicted molar refractivity (Wildman–Crippen MR) is 110 cm³/mol. The summed E-state index contributed by atoms with van der Waals surface area (Å²) in [5.41, 5.74) is 2.30. The van der Waals surface area contributed by atoms with Gasteiger partial charge in [-0.1, -0.05) is 79.7 Å². The van der Waals surface area contributed by atoms with Crippen LogP contribution in [0.25, 0.3) is 0 Å². The van der Waals surface area contributed by atoms with Crippen molar-refractivity contribution in [2.45, 2.75) is 18.0 Å². The lowest BCUT2D eigenvalue weighted by Crippen LogP contribution is -2.06. The SMILES string of the molecule is C1=CC2Pc3ccccc3C2C=C1.C1=PC2=C(C1)PCPC2. The van der Waals surface area contributed by atoms with Crippen molar-refractivity contribution < 1.29 is 0 Å². The molecule has 0 aromatic heterocycles. The average molecular weight is 360 g/mol. The van der Waals surface area contributed by atoms with E-state index in [4.69, 9.17) is 0 Å². The number of hydrogen-bond donors (Lipinski definition) is 0. The molecular weight excluding hydrogens is 340 g/mol. The Balaban J connectivity index is 0.000000122. The summed E-state index contributed by atoms with van der Waals surface area (Å²) in [5, 5.41) is 5.14. The number of benzene rings is 1. The highest BCUT2D eigenvalue weighted by molar-refractivity contribution is 7.62. The molecule has 0 saturated carbocycles. The first-order valence-corrected chi connectivity index (χ1v) is 12.5. The van der Waals surface area contributed by atoms with E-state index < -0.39 is 0 Å². The summed E-state index contributed by atoms with van der Waals surface area (Å²) < 4.78 is 0. The van der Waals surface area contributed by atoms with Gasteiger partial charge in [-0.15, -0.1) is 8.58 Å². The van der Waals surface area contributed by atoms with Crippen LogP contribution in [0.2, 0.25) is 0 Å². The summed E-state index contributed by atoms with van der Waals surface area (Å²) in [6.45, 7) is 0. The first-order valence-electron chi connectivity index (χ1n) is 7.81. The Labute approximate surface area is 140 Å². The maximum atomic E-state index is 2.41. The lowest BCUT2D eigenvalue weighted by Gasteiger charge is -2.14. The van der Waals surface area contributed by atoms with Crippen LogP contribution in [-0.4, -0.2) is 23.5 Å². The molecule has 112 valence electrons. The molecule has 0 spiro atoms. The molecule has 0 fully saturated rings. The summed E-state index contributed by atoms with van der Waals surface area (Å²) in [7, 11) is 4.95. The zero-order valence-electron chi connectivity index (χ0n) is 12.4. The number of rotatable bonds is 0. The monoisotopic (exact) mass is 360 g/mol. The molecular formula is C18H20P4. The molecule has 0 saturated heterocycles. The van der Waals surface area contributed by atoms with E-state index in [0.29, 0.717) is 5.92 Å². The van der Waals surface area contributed by atoms with E-state index >= 15 is 0 Å². The fraction of sp³-hybridized carbons (Fsp3) is 0.278. The van der Waals surface area contributed by atoms with E-state index in [1.54, 1.807) is 29.7 Å². The van der Waals surface area contributed by atoms with E-state index in [0.717, 1.165) is 14.2 Å². The molecule has 0 amide bonds. The van der Waals surface area contributed by atoms with Crippen LogP contribution in [0.1, 0.15) is 17.9 Å². The van der Waals surface area contributed by atoms with Crippen molar-refractivity contribution in [3.8, 4) is 0 Å². The Kier molecular flexibility index (Phi) is 5.05. The van der Waals surface area contributed by atoms with Gasteiger partial charge in [-0.3, -0.25) is 0 Å². The van der Waals surface area contributed by atoms with Gasteiger partial charge in [0.2, 0.25) is 0 Å². The third-order valence-corrected chi connectivity index (χ3v) is 10.9. The Hall–Kier alpha value is -0.100. The lowest BCUT2D eigenvalue weighted by molar-refractivity contribution is 0.892. The van der Waals surface area contributed by atoms with E-state index in [2.05, 4.69) is 54.4 Å². The summed E-state index contributed by atoms with van der Waals surface area (Å²) in [5.74, 6) is 4.58. The maximum Gasteiger partial charge on any atom is 0.0130 e. The number of fused-ring (bicyclic) bond motifs is 3. The van der Waals surface area contributed by atoms with E-state index in [1.165, 1.54) is 35.6 Å². The van der Waals surface area contributed by atoms with Crippen molar-refractivity contribution in [1.82, 2.24) is 0 Å². The first kappa shape index (κ1) is 15.4. The Morgan fingerprint density at radius 1 is 1.09 bits per heavy atom. The summed E-state index contributed by atoms with van der Waals surface area (Å²) >= 11 is 0. The Morgan fingerprint density at radius 2 is 2.00 bits per heavy atom. The Bertz CT molecular complexity index is 684. The highest BCUT2D eigenvalue weighted by Crippen LogP contribution is 2.48. The second kappa shape index (κ2) is 7.20.